The molecular weight excluding hydrogens is 218 g/mol. The number of pyridine rings is 1. The van der Waals surface area contributed by atoms with Crippen LogP contribution in [0.1, 0.15) is 31.5 Å². The number of nitrogens with zero attached hydrogens (tertiary/aromatic N) is 1. The van der Waals surface area contributed by atoms with E-state index in [-0.39, 0.29) is 12.1 Å². The molecule has 0 spiro atoms. The molecule has 1 aromatic rings. The van der Waals surface area contributed by atoms with Crippen molar-refractivity contribution in [1.29, 1.82) is 0 Å². The second-order valence-corrected chi connectivity index (χ2v) is 5.27. The molecule has 92 valence electrons. The van der Waals surface area contributed by atoms with Crippen LogP contribution in [0.5, 0.6) is 0 Å². The maximum Gasteiger partial charge on any atom is 0.310 e. The fourth-order valence-corrected chi connectivity index (χ4v) is 2.27. The minimum atomic E-state index is -0.915. The Hall–Kier alpha value is -1.58. The molecule has 1 aliphatic rings. The number of hydrogen-bond acceptors (Lipinski definition) is 2. The molecule has 0 unspecified atom stereocenters. The first-order valence-electron chi connectivity index (χ1n) is 5.87. The van der Waals surface area contributed by atoms with E-state index in [1.807, 2.05) is 6.07 Å². The van der Waals surface area contributed by atoms with E-state index in [1.54, 1.807) is 24.5 Å². The van der Waals surface area contributed by atoms with Crippen molar-refractivity contribution in [2.45, 2.75) is 39.7 Å². The average molecular weight is 235 g/mol. The van der Waals surface area contributed by atoms with Crippen molar-refractivity contribution in [3.05, 3.63) is 33.7 Å². The van der Waals surface area contributed by atoms with Gasteiger partial charge in [-0.3, -0.25) is 9.59 Å². The molecule has 1 aliphatic carbocycles. The molecule has 0 fully saturated rings. The lowest BCUT2D eigenvalue weighted by Crippen LogP contribution is -2.35. The molecule has 0 aliphatic heterocycles. The Morgan fingerprint density at radius 3 is 2.76 bits per heavy atom. The third-order valence-corrected chi connectivity index (χ3v) is 3.38. The van der Waals surface area contributed by atoms with Crippen molar-refractivity contribution in [1.82, 2.24) is 4.57 Å². The van der Waals surface area contributed by atoms with Crippen LogP contribution in [-0.2, 0) is 24.2 Å². The maximum absolute atomic E-state index is 11.8. The summed E-state index contributed by atoms with van der Waals surface area (Å²) >= 11 is 0. The summed E-state index contributed by atoms with van der Waals surface area (Å²) in [5.41, 5.74) is 1.19. The van der Waals surface area contributed by atoms with Gasteiger partial charge in [0.1, 0.15) is 0 Å². The number of carboxylic acids is 1. The highest BCUT2D eigenvalue weighted by atomic mass is 16.4. The van der Waals surface area contributed by atoms with E-state index in [9.17, 15) is 9.59 Å². The number of hydrogen-bond donors (Lipinski definition) is 1. The topological polar surface area (TPSA) is 59.3 Å². The van der Waals surface area contributed by atoms with E-state index in [2.05, 4.69) is 0 Å². The molecule has 17 heavy (non-hydrogen) atoms. The standard InChI is InChI=1S/C13H17NO3/c1-13(2,12(16)17)8-14-10-5-3-4-9(10)6-7-11(14)15/h6-7H,3-5,8H2,1-2H3,(H,16,17). The smallest absolute Gasteiger partial charge is 0.310 e. The van der Waals surface area contributed by atoms with E-state index < -0.39 is 11.4 Å². The zero-order chi connectivity index (χ0) is 12.6. The highest BCUT2D eigenvalue weighted by molar-refractivity contribution is 5.73. The number of aryl methyl sites for hydroxylation is 1. The van der Waals surface area contributed by atoms with Gasteiger partial charge in [-0.2, -0.15) is 0 Å². The number of fused-ring (bicyclic) bond motifs is 1. The van der Waals surface area contributed by atoms with Gasteiger partial charge in [0, 0.05) is 18.3 Å². The lowest BCUT2D eigenvalue weighted by Gasteiger charge is -2.22. The molecule has 0 saturated heterocycles. The molecule has 0 amide bonds. The zero-order valence-corrected chi connectivity index (χ0v) is 10.2. The Balaban J connectivity index is 2.43. The third-order valence-electron chi connectivity index (χ3n) is 3.38. The van der Waals surface area contributed by atoms with Crippen LogP contribution in [0.3, 0.4) is 0 Å². The quantitative estimate of drug-likeness (QED) is 0.862. The van der Waals surface area contributed by atoms with Crippen molar-refractivity contribution in [2.24, 2.45) is 5.41 Å². The Morgan fingerprint density at radius 2 is 2.12 bits per heavy atom. The fourth-order valence-electron chi connectivity index (χ4n) is 2.27. The summed E-state index contributed by atoms with van der Waals surface area (Å²) in [5.74, 6) is -0.875. The normalized spacial score (nSPS) is 14.7. The van der Waals surface area contributed by atoms with Crippen molar-refractivity contribution < 1.29 is 9.90 Å². The van der Waals surface area contributed by atoms with Gasteiger partial charge >= 0.3 is 5.97 Å². The van der Waals surface area contributed by atoms with Crippen LogP contribution in [0, 0.1) is 5.41 Å². The minimum Gasteiger partial charge on any atom is -0.481 e. The van der Waals surface area contributed by atoms with E-state index in [4.69, 9.17) is 5.11 Å². The second kappa shape index (κ2) is 4.02. The van der Waals surface area contributed by atoms with Gasteiger partial charge < -0.3 is 9.67 Å². The Kier molecular flexibility index (Phi) is 2.81. The largest absolute Gasteiger partial charge is 0.481 e. The summed E-state index contributed by atoms with van der Waals surface area (Å²) in [6.07, 6.45) is 2.91. The predicted molar refractivity (Wildman–Crippen MR) is 64.1 cm³/mol. The summed E-state index contributed by atoms with van der Waals surface area (Å²) in [7, 11) is 0. The third kappa shape index (κ3) is 2.12. The molecule has 1 aromatic heterocycles. The number of carbonyl (C=O) groups is 1. The van der Waals surface area contributed by atoms with Crippen LogP contribution >= 0.6 is 0 Å². The molecule has 4 heteroatoms. The first kappa shape index (κ1) is 11.9. The Bertz CT molecular complexity index is 514. The molecule has 0 bridgehead atoms. The molecule has 1 N–H and O–H groups in total. The SMILES string of the molecule is CC(C)(Cn1c2c(ccc1=O)CCC2)C(=O)O. The molecule has 2 rings (SSSR count). The molecule has 4 nitrogen and oxygen atoms in total. The molecule has 0 aromatic carbocycles. The number of aromatic nitrogens is 1. The maximum atomic E-state index is 11.8. The van der Waals surface area contributed by atoms with Crippen LogP contribution in [0.15, 0.2) is 16.9 Å². The van der Waals surface area contributed by atoms with Crippen LogP contribution in [0.2, 0.25) is 0 Å². The van der Waals surface area contributed by atoms with Crippen molar-refractivity contribution in [3.8, 4) is 0 Å². The van der Waals surface area contributed by atoms with Crippen LogP contribution in [0.25, 0.3) is 0 Å². The predicted octanol–water partition coefficient (Wildman–Crippen LogP) is 1.45. The van der Waals surface area contributed by atoms with Crippen molar-refractivity contribution in [3.63, 3.8) is 0 Å². The van der Waals surface area contributed by atoms with Gasteiger partial charge in [0.25, 0.3) is 5.56 Å². The minimum absolute atomic E-state index is 0.0972. The second-order valence-electron chi connectivity index (χ2n) is 5.27. The van der Waals surface area contributed by atoms with E-state index in [0.29, 0.717) is 0 Å². The molecule has 0 atom stereocenters. The van der Waals surface area contributed by atoms with E-state index >= 15 is 0 Å². The van der Waals surface area contributed by atoms with E-state index in [1.165, 1.54) is 5.56 Å². The van der Waals surface area contributed by atoms with Gasteiger partial charge in [0.2, 0.25) is 0 Å². The highest BCUT2D eigenvalue weighted by Crippen LogP contribution is 2.24. The van der Waals surface area contributed by atoms with E-state index in [0.717, 1.165) is 25.0 Å². The zero-order valence-electron chi connectivity index (χ0n) is 10.2. The summed E-state index contributed by atoms with van der Waals surface area (Å²) < 4.78 is 1.64. The summed E-state index contributed by atoms with van der Waals surface area (Å²) in [6.45, 7) is 3.54. The highest BCUT2D eigenvalue weighted by Gasteiger charge is 2.29. The lowest BCUT2D eigenvalue weighted by atomic mass is 9.93. The number of rotatable bonds is 3. The molecular formula is C13H17NO3. The first-order chi connectivity index (χ1) is 7.92. The molecule has 0 radical (unpaired) electrons. The summed E-state index contributed by atoms with van der Waals surface area (Å²) in [4.78, 5) is 23.0. The number of aliphatic carboxylic acids is 1. The van der Waals surface area contributed by atoms with Crippen molar-refractivity contribution >= 4 is 5.97 Å². The molecule has 0 saturated carbocycles. The average Bonchev–Trinajstić information content (AvgIpc) is 2.70. The summed E-state index contributed by atoms with van der Waals surface area (Å²) in [6, 6.07) is 3.41. The van der Waals surface area contributed by atoms with Gasteiger partial charge in [-0.05, 0) is 38.7 Å². The van der Waals surface area contributed by atoms with Crippen LogP contribution in [0.4, 0.5) is 0 Å². The lowest BCUT2D eigenvalue weighted by molar-refractivity contribution is -0.147. The summed E-state index contributed by atoms with van der Waals surface area (Å²) in [5, 5.41) is 9.13. The first-order valence-corrected chi connectivity index (χ1v) is 5.87. The van der Waals surface area contributed by atoms with Gasteiger partial charge in [-0.15, -0.1) is 0 Å². The monoisotopic (exact) mass is 235 g/mol. The molecule has 1 heterocycles. The van der Waals surface area contributed by atoms with Crippen molar-refractivity contribution in [2.75, 3.05) is 0 Å². The Labute approximate surface area is 99.9 Å². The van der Waals surface area contributed by atoms with Gasteiger partial charge in [0.15, 0.2) is 0 Å². The van der Waals surface area contributed by atoms with Crippen LogP contribution < -0.4 is 5.56 Å². The Morgan fingerprint density at radius 1 is 1.41 bits per heavy atom. The van der Waals surface area contributed by atoms with Gasteiger partial charge in [-0.1, -0.05) is 6.07 Å². The van der Waals surface area contributed by atoms with Gasteiger partial charge in [0.05, 0.1) is 5.41 Å². The fraction of sp³-hybridized carbons (Fsp3) is 0.538. The number of carboxylic acid groups (broad SMARTS) is 1. The van der Waals surface area contributed by atoms with Crippen LogP contribution in [-0.4, -0.2) is 15.6 Å². The van der Waals surface area contributed by atoms with Gasteiger partial charge in [-0.25, -0.2) is 0 Å².